The fraction of sp³-hybridized carbons (Fsp3) is 0.214. The number of benzene rings is 1. The highest BCUT2D eigenvalue weighted by molar-refractivity contribution is 5.93. The van der Waals surface area contributed by atoms with Crippen LogP contribution in [0.1, 0.15) is 28.7 Å². The zero-order valence-electron chi connectivity index (χ0n) is 11.8. The zero-order valence-corrected chi connectivity index (χ0v) is 11.8. The van der Waals surface area contributed by atoms with Gasteiger partial charge in [0.1, 0.15) is 0 Å². The maximum Gasteiger partial charge on any atom is 0.291 e. The van der Waals surface area contributed by atoms with E-state index in [1.54, 1.807) is 31.2 Å². The van der Waals surface area contributed by atoms with Gasteiger partial charge in [-0.2, -0.15) is 10.2 Å². The van der Waals surface area contributed by atoms with Gasteiger partial charge in [0.15, 0.2) is 17.2 Å². The van der Waals surface area contributed by atoms with Gasteiger partial charge in [-0.1, -0.05) is 6.07 Å². The van der Waals surface area contributed by atoms with E-state index in [0.29, 0.717) is 17.9 Å². The molecule has 0 atom stereocenters. The number of aryl methyl sites for hydroxylation is 1. The van der Waals surface area contributed by atoms with Crippen molar-refractivity contribution in [3.8, 4) is 11.5 Å². The van der Waals surface area contributed by atoms with Crippen molar-refractivity contribution in [1.82, 2.24) is 15.6 Å². The number of carbonyl (C=O) groups excluding carboxylic acids is 1. The summed E-state index contributed by atoms with van der Waals surface area (Å²) < 4.78 is 5.26. The van der Waals surface area contributed by atoms with Crippen LogP contribution in [-0.4, -0.2) is 34.0 Å². The van der Waals surface area contributed by atoms with Crippen molar-refractivity contribution < 1.29 is 14.6 Å². The Labute approximate surface area is 121 Å². The highest BCUT2D eigenvalue weighted by Gasteiger charge is 2.08. The number of rotatable bonds is 5. The van der Waals surface area contributed by atoms with E-state index in [9.17, 15) is 9.90 Å². The molecule has 2 rings (SSSR count). The molecule has 3 N–H and O–H groups in total. The SMILES string of the molecule is CCOc1cccc(/C=N/NC(=O)c2cc(C)[nH]n2)c1O. The molecule has 21 heavy (non-hydrogen) atoms. The van der Waals surface area contributed by atoms with Crippen LogP contribution in [0.2, 0.25) is 0 Å². The summed E-state index contributed by atoms with van der Waals surface area (Å²) in [5, 5.41) is 20.2. The zero-order chi connectivity index (χ0) is 15.2. The third-order valence-electron chi connectivity index (χ3n) is 2.64. The maximum atomic E-state index is 11.7. The van der Waals surface area contributed by atoms with E-state index in [1.807, 2.05) is 6.92 Å². The number of aromatic hydroxyl groups is 1. The van der Waals surface area contributed by atoms with Crippen LogP contribution in [-0.2, 0) is 0 Å². The molecule has 0 aliphatic rings. The quantitative estimate of drug-likeness (QED) is 0.574. The second-order valence-electron chi connectivity index (χ2n) is 4.26. The number of carbonyl (C=O) groups is 1. The molecule has 110 valence electrons. The minimum absolute atomic E-state index is 0.0204. The summed E-state index contributed by atoms with van der Waals surface area (Å²) in [7, 11) is 0. The third kappa shape index (κ3) is 3.59. The van der Waals surface area contributed by atoms with E-state index in [2.05, 4.69) is 20.7 Å². The summed E-state index contributed by atoms with van der Waals surface area (Å²) in [6.07, 6.45) is 1.34. The largest absolute Gasteiger partial charge is 0.504 e. The van der Waals surface area contributed by atoms with Crippen LogP contribution in [0.4, 0.5) is 0 Å². The standard InChI is InChI=1S/C14H16N4O3/c1-3-21-12-6-4-5-10(13(12)19)8-15-18-14(20)11-7-9(2)16-17-11/h4-8,19H,3H2,1-2H3,(H,16,17)(H,18,20)/b15-8+. The predicted molar refractivity (Wildman–Crippen MR) is 77.7 cm³/mol. The monoisotopic (exact) mass is 288 g/mol. The Bertz CT molecular complexity index is 664. The molecular weight excluding hydrogens is 272 g/mol. The average Bonchev–Trinajstić information content (AvgIpc) is 2.89. The number of ether oxygens (including phenoxy) is 1. The third-order valence-corrected chi connectivity index (χ3v) is 2.64. The highest BCUT2D eigenvalue weighted by atomic mass is 16.5. The molecule has 0 saturated carbocycles. The van der Waals surface area contributed by atoms with Crippen LogP contribution >= 0.6 is 0 Å². The molecule has 0 saturated heterocycles. The number of nitrogens with one attached hydrogen (secondary N) is 2. The minimum Gasteiger partial charge on any atom is -0.504 e. The van der Waals surface area contributed by atoms with Crippen LogP contribution < -0.4 is 10.2 Å². The Morgan fingerprint density at radius 3 is 3.05 bits per heavy atom. The lowest BCUT2D eigenvalue weighted by atomic mass is 10.2. The molecule has 0 fully saturated rings. The Hall–Kier alpha value is -2.83. The lowest BCUT2D eigenvalue weighted by molar-refractivity contribution is 0.0950. The van der Waals surface area contributed by atoms with Gasteiger partial charge in [-0.3, -0.25) is 9.89 Å². The first-order valence-corrected chi connectivity index (χ1v) is 6.42. The maximum absolute atomic E-state index is 11.7. The Morgan fingerprint density at radius 1 is 1.57 bits per heavy atom. The summed E-state index contributed by atoms with van der Waals surface area (Å²) in [6, 6.07) is 6.65. The van der Waals surface area contributed by atoms with Gasteiger partial charge < -0.3 is 9.84 Å². The summed E-state index contributed by atoms with van der Waals surface area (Å²) in [5.41, 5.74) is 3.81. The van der Waals surface area contributed by atoms with E-state index >= 15 is 0 Å². The highest BCUT2D eigenvalue weighted by Crippen LogP contribution is 2.28. The lowest BCUT2D eigenvalue weighted by Crippen LogP contribution is -2.18. The van der Waals surface area contributed by atoms with Crippen molar-refractivity contribution in [3.63, 3.8) is 0 Å². The van der Waals surface area contributed by atoms with Gasteiger partial charge in [-0.25, -0.2) is 5.43 Å². The first-order valence-electron chi connectivity index (χ1n) is 6.42. The van der Waals surface area contributed by atoms with E-state index in [-0.39, 0.29) is 11.4 Å². The molecule has 0 spiro atoms. The second-order valence-corrected chi connectivity index (χ2v) is 4.26. The number of phenols is 1. The number of hydrogen-bond donors (Lipinski definition) is 3. The minimum atomic E-state index is -0.434. The smallest absolute Gasteiger partial charge is 0.291 e. The first kappa shape index (κ1) is 14.6. The van der Waals surface area contributed by atoms with Crippen molar-refractivity contribution in [2.24, 2.45) is 5.10 Å². The molecule has 1 amide bonds. The molecular formula is C14H16N4O3. The number of amides is 1. The van der Waals surface area contributed by atoms with Crippen LogP contribution in [0, 0.1) is 6.92 Å². The molecule has 7 nitrogen and oxygen atoms in total. The fourth-order valence-electron chi connectivity index (χ4n) is 1.67. The Morgan fingerprint density at radius 2 is 2.38 bits per heavy atom. The molecule has 1 aromatic carbocycles. The summed E-state index contributed by atoms with van der Waals surface area (Å²) in [5.74, 6) is -0.0836. The molecule has 1 aromatic heterocycles. The Kier molecular flexibility index (Phi) is 4.55. The van der Waals surface area contributed by atoms with Crippen molar-refractivity contribution in [1.29, 1.82) is 0 Å². The average molecular weight is 288 g/mol. The summed E-state index contributed by atoms with van der Waals surface area (Å²) in [6.45, 7) is 4.07. The molecule has 0 aliphatic heterocycles. The molecule has 0 bridgehead atoms. The van der Waals surface area contributed by atoms with Gasteiger partial charge >= 0.3 is 0 Å². The second kappa shape index (κ2) is 6.56. The van der Waals surface area contributed by atoms with Crippen molar-refractivity contribution >= 4 is 12.1 Å². The Balaban J connectivity index is 2.04. The molecule has 0 radical (unpaired) electrons. The van der Waals surface area contributed by atoms with Gasteiger partial charge in [0, 0.05) is 11.3 Å². The fourth-order valence-corrected chi connectivity index (χ4v) is 1.67. The molecule has 7 heteroatoms. The number of nitrogens with zero attached hydrogens (tertiary/aromatic N) is 2. The van der Waals surface area contributed by atoms with Gasteiger partial charge in [0.25, 0.3) is 5.91 Å². The molecule has 0 unspecified atom stereocenters. The van der Waals surface area contributed by atoms with Gasteiger partial charge in [0.05, 0.1) is 12.8 Å². The van der Waals surface area contributed by atoms with Crippen molar-refractivity contribution in [2.75, 3.05) is 6.61 Å². The van der Waals surface area contributed by atoms with E-state index < -0.39 is 5.91 Å². The van der Waals surface area contributed by atoms with Crippen molar-refractivity contribution in [3.05, 3.63) is 41.2 Å². The molecule has 0 aliphatic carbocycles. The van der Waals surface area contributed by atoms with E-state index in [0.717, 1.165) is 5.69 Å². The number of hydrazone groups is 1. The topological polar surface area (TPSA) is 99.6 Å². The number of para-hydroxylation sites is 1. The van der Waals surface area contributed by atoms with Gasteiger partial charge in [0.2, 0.25) is 0 Å². The number of phenolic OH excluding ortho intramolecular Hbond substituents is 1. The van der Waals surface area contributed by atoms with Crippen LogP contribution in [0.5, 0.6) is 11.5 Å². The summed E-state index contributed by atoms with van der Waals surface area (Å²) in [4.78, 5) is 11.7. The van der Waals surface area contributed by atoms with Crippen LogP contribution in [0.25, 0.3) is 0 Å². The predicted octanol–water partition coefficient (Wildman–Crippen LogP) is 1.59. The summed E-state index contributed by atoms with van der Waals surface area (Å²) >= 11 is 0. The molecule has 2 aromatic rings. The number of H-pyrrole nitrogens is 1. The van der Waals surface area contributed by atoms with Gasteiger partial charge in [-0.05, 0) is 32.0 Å². The van der Waals surface area contributed by atoms with Crippen LogP contribution in [0.15, 0.2) is 29.4 Å². The van der Waals surface area contributed by atoms with Crippen molar-refractivity contribution in [2.45, 2.75) is 13.8 Å². The van der Waals surface area contributed by atoms with E-state index in [1.165, 1.54) is 6.21 Å². The lowest BCUT2D eigenvalue weighted by Gasteiger charge is -2.06. The molecule has 1 heterocycles. The van der Waals surface area contributed by atoms with Crippen LogP contribution in [0.3, 0.4) is 0 Å². The van der Waals surface area contributed by atoms with Gasteiger partial charge in [-0.15, -0.1) is 0 Å². The number of hydrogen-bond acceptors (Lipinski definition) is 5. The number of aromatic nitrogens is 2. The van der Waals surface area contributed by atoms with E-state index in [4.69, 9.17) is 4.74 Å². The number of aromatic amines is 1. The normalized spacial score (nSPS) is 10.8. The first-order chi connectivity index (χ1) is 10.1.